The highest BCUT2D eigenvalue weighted by Crippen LogP contribution is 2.67. The molecule has 168 valence electrons. The molecule has 1 heterocycles. The summed E-state index contributed by atoms with van der Waals surface area (Å²) in [6.45, 7) is 6.93. The Morgan fingerprint density at radius 2 is 1.83 bits per heavy atom. The molecule has 5 fully saturated rings. The highest BCUT2D eigenvalue weighted by Gasteiger charge is 2.64. The highest BCUT2D eigenvalue weighted by molar-refractivity contribution is 5.87. The first-order valence-electron chi connectivity index (χ1n) is 12.6. The van der Waals surface area contributed by atoms with Crippen molar-refractivity contribution in [3.8, 4) is 0 Å². The van der Waals surface area contributed by atoms with Gasteiger partial charge in [0.15, 0.2) is 0 Å². The number of ketones is 1. The molecule has 1 unspecified atom stereocenters. The summed E-state index contributed by atoms with van der Waals surface area (Å²) < 4.78 is 0. The van der Waals surface area contributed by atoms with E-state index in [1.807, 2.05) is 0 Å². The summed E-state index contributed by atoms with van der Waals surface area (Å²) in [7, 11) is 0. The molecule has 1 saturated heterocycles. The Balaban J connectivity index is 1.40. The Morgan fingerprint density at radius 3 is 2.57 bits per heavy atom. The number of aliphatic hydroxyl groups is 2. The maximum Gasteiger partial charge on any atom is 0.139 e. The molecule has 3 N–H and O–H groups in total. The first kappa shape index (κ1) is 21.2. The van der Waals surface area contributed by atoms with Crippen molar-refractivity contribution in [2.45, 2.75) is 71.3 Å². The van der Waals surface area contributed by atoms with Crippen LogP contribution in [-0.4, -0.2) is 41.8 Å². The fourth-order valence-electron chi connectivity index (χ4n) is 8.82. The first-order valence-corrected chi connectivity index (χ1v) is 12.6. The second-order valence-corrected chi connectivity index (χ2v) is 11.8. The molecule has 4 nitrogen and oxygen atoms in total. The van der Waals surface area contributed by atoms with E-state index in [2.05, 4.69) is 31.3 Å². The van der Waals surface area contributed by atoms with E-state index in [9.17, 15) is 15.0 Å². The molecule has 0 aromatic heterocycles. The van der Waals surface area contributed by atoms with Gasteiger partial charge < -0.3 is 15.5 Å². The molecule has 0 radical (unpaired) electrons. The van der Waals surface area contributed by atoms with Gasteiger partial charge in [-0.05, 0) is 92.4 Å². The Labute approximate surface area is 181 Å². The van der Waals surface area contributed by atoms with Gasteiger partial charge in [-0.1, -0.05) is 26.0 Å². The number of fused-ring (bicyclic) bond motifs is 5. The van der Waals surface area contributed by atoms with E-state index in [4.69, 9.17) is 0 Å². The monoisotopic (exact) mass is 415 g/mol. The second-order valence-electron chi connectivity index (χ2n) is 11.8. The molecule has 4 heteroatoms. The Bertz CT molecular complexity index is 700. The van der Waals surface area contributed by atoms with Crippen LogP contribution in [0.15, 0.2) is 12.2 Å². The van der Waals surface area contributed by atoms with Crippen molar-refractivity contribution in [1.82, 2.24) is 5.32 Å². The van der Waals surface area contributed by atoms with E-state index < -0.39 is 6.10 Å². The fourth-order valence-corrected chi connectivity index (χ4v) is 8.82. The van der Waals surface area contributed by atoms with Gasteiger partial charge in [0.1, 0.15) is 5.78 Å². The first-order chi connectivity index (χ1) is 14.4. The van der Waals surface area contributed by atoms with E-state index in [1.54, 1.807) is 0 Å². The normalized spacial score (nSPS) is 53.5. The minimum Gasteiger partial charge on any atom is -0.396 e. The average molecular weight is 416 g/mol. The molecule has 5 aliphatic rings. The summed E-state index contributed by atoms with van der Waals surface area (Å²) in [4.78, 5) is 12.7. The Kier molecular flexibility index (Phi) is 5.43. The van der Waals surface area contributed by atoms with Crippen LogP contribution in [0.3, 0.4) is 0 Å². The lowest BCUT2D eigenvalue weighted by molar-refractivity contribution is -0.199. The van der Waals surface area contributed by atoms with Crippen LogP contribution < -0.4 is 5.32 Å². The predicted molar refractivity (Wildman–Crippen MR) is 118 cm³/mol. The largest absolute Gasteiger partial charge is 0.396 e. The molecule has 0 spiro atoms. The summed E-state index contributed by atoms with van der Waals surface area (Å²) in [6, 6.07) is 0. The van der Waals surface area contributed by atoms with Gasteiger partial charge in [0.05, 0.1) is 6.10 Å². The van der Waals surface area contributed by atoms with Gasteiger partial charge in [-0.15, -0.1) is 0 Å². The van der Waals surface area contributed by atoms with Crippen LogP contribution in [0, 0.1) is 52.3 Å². The zero-order valence-corrected chi connectivity index (χ0v) is 18.9. The lowest BCUT2D eigenvalue weighted by Gasteiger charge is -2.63. The summed E-state index contributed by atoms with van der Waals surface area (Å²) in [5.74, 6) is 2.98. The number of hydrogen-bond acceptors (Lipinski definition) is 4. The fraction of sp³-hybridized carbons (Fsp3) is 0.885. The van der Waals surface area contributed by atoms with Crippen molar-refractivity contribution in [2.24, 2.45) is 52.3 Å². The zero-order chi connectivity index (χ0) is 21.1. The molecule has 0 amide bonds. The maximum absolute atomic E-state index is 12.7. The van der Waals surface area contributed by atoms with Crippen LogP contribution in [0.4, 0.5) is 0 Å². The summed E-state index contributed by atoms with van der Waals surface area (Å²) in [6.07, 6.45) is 12.9. The SMILES string of the molecule is C[C@]12CC[C@@H](C=C[C@H]3CCNC3)CC1[C@@H](CO)[C@@H](O)[C@@H]1[C@@H]2CC[C@]2(C)C(=O)CC[C@@H]12. The molecular formula is C26H41NO3. The van der Waals surface area contributed by atoms with Crippen molar-refractivity contribution < 1.29 is 15.0 Å². The van der Waals surface area contributed by atoms with Crippen LogP contribution in [0.2, 0.25) is 0 Å². The smallest absolute Gasteiger partial charge is 0.139 e. The standard InChI is InChI=1S/C26H41NO3/c1-25-10-7-16(3-4-17-9-12-27-14-17)13-21(25)18(15-28)24(30)23-19-5-6-22(29)26(19,2)11-8-20(23)25/h3-4,16-21,23-24,27-28,30H,5-15H2,1-2H3/t16-,17+,18-,19+,20+,21?,23+,24-,25-,26+/m1/s1. The summed E-state index contributed by atoms with van der Waals surface area (Å²) >= 11 is 0. The molecule has 1 aliphatic heterocycles. The van der Waals surface area contributed by atoms with Crippen LogP contribution in [0.25, 0.3) is 0 Å². The number of carbonyl (C=O) groups is 1. The van der Waals surface area contributed by atoms with Crippen molar-refractivity contribution >= 4 is 5.78 Å². The van der Waals surface area contributed by atoms with Crippen molar-refractivity contribution in [3.63, 3.8) is 0 Å². The topological polar surface area (TPSA) is 69.6 Å². The summed E-state index contributed by atoms with van der Waals surface area (Å²) in [5.41, 5.74) is -0.0515. The van der Waals surface area contributed by atoms with E-state index in [-0.39, 0.29) is 29.3 Å². The van der Waals surface area contributed by atoms with Gasteiger partial charge in [0, 0.05) is 30.9 Å². The van der Waals surface area contributed by atoms with Crippen LogP contribution in [0.5, 0.6) is 0 Å². The predicted octanol–water partition coefficient (Wildman–Crippen LogP) is 3.57. The number of Topliss-reactive ketones (excluding diaryl/α,β-unsaturated/α-hetero) is 1. The van der Waals surface area contributed by atoms with E-state index in [0.717, 1.165) is 38.8 Å². The molecule has 0 aromatic carbocycles. The maximum atomic E-state index is 12.7. The third-order valence-corrected chi connectivity index (χ3v) is 10.7. The Morgan fingerprint density at radius 1 is 1.03 bits per heavy atom. The van der Waals surface area contributed by atoms with Gasteiger partial charge in [0.2, 0.25) is 0 Å². The quantitative estimate of drug-likeness (QED) is 0.617. The van der Waals surface area contributed by atoms with Crippen LogP contribution in [-0.2, 0) is 4.79 Å². The molecule has 0 aromatic rings. The molecule has 10 atom stereocenters. The van der Waals surface area contributed by atoms with E-state index >= 15 is 0 Å². The molecule has 4 saturated carbocycles. The van der Waals surface area contributed by atoms with Crippen LogP contribution in [0.1, 0.15) is 65.2 Å². The van der Waals surface area contributed by atoms with Crippen LogP contribution >= 0.6 is 0 Å². The molecule has 4 aliphatic carbocycles. The average Bonchev–Trinajstić information content (AvgIpc) is 3.36. The molecule has 0 bridgehead atoms. The zero-order valence-electron chi connectivity index (χ0n) is 18.9. The van der Waals surface area contributed by atoms with Gasteiger partial charge in [-0.3, -0.25) is 4.79 Å². The lowest BCUT2D eigenvalue weighted by Crippen LogP contribution is -2.62. The second kappa shape index (κ2) is 7.71. The van der Waals surface area contributed by atoms with Gasteiger partial charge in [0.25, 0.3) is 0 Å². The van der Waals surface area contributed by atoms with E-state index in [0.29, 0.717) is 41.8 Å². The van der Waals surface area contributed by atoms with Gasteiger partial charge in [-0.25, -0.2) is 0 Å². The number of rotatable bonds is 3. The number of hydrogen-bond donors (Lipinski definition) is 3. The minimum absolute atomic E-state index is 0.0429. The number of nitrogens with one attached hydrogen (secondary N) is 1. The molecule has 5 rings (SSSR count). The number of allylic oxidation sites excluding steroid dienone is 1. The van der Waals surface area contributed by atoms with Crippen molar-refractivity contribution in [2.75, 3.05) is 19.7 Å². The summed E-state index contributed by atoms with van der Waals surface area (Å²) in [5, 5.41) is 25.4. The van der Waals surface area contributed by atoms with Crippen molar-refractivity contribution in [3.05, 3.63) is 12.2 Å². The third kappa shape index (κ3) is 3.08. The van der Waals surface area contributed by atoms with Gasteiger partial charge in [-0.2, -0.15) is 0 Å². The Hall–Kier alpha value is -0.710. The van der Waals surface area contributed by atoms with Gasteiger partial charge >= 0.3 is 0 Å². The van der Waals surface area contributed by atoms with E-state index in [1.165, 1.54) is 19.3 Å². The highest BCUT2D eigenvalue weighted by atomic mass is 16.3. The minimum atomic E-state index is -0.463. The van der Waals surface area contributed by atoms with Crippen molar-refractivity contribution in [1.29, 1.82) is 0 Å². The molecular weight excluding hydrogens is 374 g/mol. The lowest BCUT2D eigenvalue weighted by atomic mass is 9.42. The number of aliphatic hydroxyl groups excluding tert-OH is 2. The number of carbonyl (C=O) groups excluding carboxylic acids is 1. The molecule has 30 heavy (non-hydrogen) atoms. The third-order valence-electron chi connectivity index (χ3n) is 10.7.